The van der Waals surface area contributed by atoms with Crippen molar-refractivity contribution in [3.05, 3.63) is 57.1 Å². The quantitative estimate of drug-likeness (QED) is 0.659. The van der Waals surface area contributed by atoms with Crippen LogP contribution >= 0.6 is 0 Å². The van der Waals surface area contributed by atoms with Gasteiger partial charge in [-0.15, -0.1) is 0 Å². The molecule has 0 atom stereocenters. The maximum Gasteiger partial charge on any atom is 0.0959 e. The lowest BCUT2D eigenvalue weighted by atomic mass is 9.72. The summed E-state index contributed by atoms with van der Waals surface area (Å²) in [6, 6.07) is 0. The number of hydrogen-bond acceptors (Lipinski definition) is 2. The van der Waals surface area contributed by atoms with Crippen molar-refractivity contribution in [2.45, 2.75) is 51.4 Å². The molecule has 116 valence electrons. The monoisotopic (exact) mass is 296 g/mol. The van der Waals surface area contributed by atoms with Crippen LogP contribution in [-0.4, -0.2) is 14.2 Å². The zero-order valence-electron chi connectivity index (χ0n) is 13.6. The van der Waals surface area contributed by atoms with Crippen LogP contribution in [0, 0.1) is 0 Å². The zero-order valence-corrected chi connectivity index (χ0v) is 13.6. The normalized spacial score (nSPS) is 24.3. The molecule has 4 aliphatic carbocycles. The van der Waals surface area contributed by atoms with Crippen LogP contribution in [0.25, 0.3) is 0 Å². The van der Waals surface area contributed by atoms with Crippen LogP contribution in [0.5, 0.6) is 0 Å². The molecular formula is C20H24O2. The highest BCUT2D eigenvalue weighted by atomic mass is 16.5. The largest absolute Gasteiger partial charge is 0.501 e. The number of ether oxygens (including phenoxy) is 2. The van der Waals surface area contributed by atoms with Gasteiger partial charge in [-0.25, -0.2) is 0 Å². The lowest BCUT2D eigenvalue weighted by Gasteiger charge is -2.34. The van der Waals surface area contributed by atoms with Crippen molar-refractivity contribution in [2.24, 2.45) is 0 Å². The molecule has 4 rings (SSSR count). The van der Waals surface area contributed by atoms with E-state index in [-0.39, 0.29) is 0 Å². The van der Waals surface area contributed by atoms with Gasteiger partial charge in [0.15, 0.2) is 0 Å². The number of hydrogen-bond donors (Lipinski definition) is 0. The fourth-order valence-electron chi connectivity index (χ4n) is 4.31. The third-order valence-electron chi connectivity index (χ3n) is 5.66. The molecule has 0 N–H and O–H groups in total. The van der Waals surface area contributed by atoms with Crippen LogP contribution in [0.15, 0.2) is 57.1 Å². The molecule has 0 aliphatic heterocycles. The Balaban J connectivity index is 1.50. The van der Waals surface area contributed by atoms with Gasteiger partial charge < -0.3 is 9.47 Å². The van der Waals surface area contributed by atoms with Gasteiger partial charge >= 0.3 is 0 Å². The molecule has 2 heteroatoms. The molecule has 4 aliphatic rings. The van der Waals surface area contributed by atoms with E-state index in [1.54, 1.807) is 47.7 Å². The lowest BCUT2D eigenvalue weighted by Crippen LogP contribution is -2.16. The zero-order chi connectivity index (χ0) is 15.1. The highest BCUT2D eigenvalue weighted by Crippen LogP contribution is 2.47. The Kier molecular flexibility index (Phi) is 3.48. The molecule has 0 aromatic rings. The van der Waals surface area contributed by atoms with Crippen molar-refractivity contribution >= 4 is 0 Å². The smallest absolute Gasteiger partial charge is 0.0959 e. The highest BCUT2D eigenvalue weighted by molar-refractivity contribution is 5.47. The van der Waals surface area contributed by atoms with E-state index in [0.29, 0.717) is 0 Å². The van der Waals surface area contributed by atoms with E-state index in [9.17, 15) is 0 Å². The minimum atomic E-state index is 1.03. The first-order chi connectivity index (χ1) is 10.8. The van der Waals surface area contributed by atoms with Crippen LogP contribution in [-0.2, 0) is 9.47 Å². The van der Waals surface area contributed by atoms with E-state index in [2.05, 4.69) is 12.2 Å². The Morgan fingerprint density at radius 3 is 1.32 bits per heavy atom. The summed E-state index contributed by atoms with van der Waals surface area (Å²) >= 11 is 0. The van der Waals surface area contributed by atoms with Crippen molar-refractivity contribution in [3.63, 3.8) is 0 Å². The number of methoxy groups -OCH3 is 2. The topological polar surface area (TPSA) is 18.5 Å². The second-order valence-electron chi connectivity index (χ2n) is 6.84. The molecular weight excluding hydrogens is 272 g/mol. The van der Waals surface area contributed by atoms with Crippen LogP contribution in [0.1, 0.15) is 51.4 Å². The molecule has 0 unspecified atom stereocenters. The SMILES string of the molecule is COC1=CCC2=C(C1)CC1=C(C2)CC2=C(CC(OC)=CC2)C1. The summed E-state index contributed by atoms with van der Waals surface area (Å²) in [6.45, 7) is 0. The Bertz CT molecular complexity index is 612. The molecule has 0 saturated heterocycles. The average Bonchev–Trinajstić information content (AvgIpc) is 2.57. The van der Waals surface area contributed by atoms with Gasteiger partial charge in [0.05, 0.1) is 25.7 Å². The van der Waals surface area contributed by atoms with Gasteiger partial charge in [-0.2, -0.15) is 0 Å². The minimum Gasteiger partial charge on any atom is -0.501 e. The van der Waals surface area contributed by atoms with E-state index < -0.39 is 0 Å². The molecule has 2 nitrogen and oxygen atoms in total. The van der Waals surface area contributed by atoms with Crippen LogP contribution in [0.3, 0.4) is 0 Å². The lowest BCUT2D eigenvalue weighted by molar-refractivity contribution is 0.277. The summed E-state index contributed by atoms with van der Waals surface area (Å²) in [7, 11) is 3.59. The molecule has 0 heterocycles. The second-order valence-corrected chi connectivity index (χ2v) is 6.84. The van der Waals surface area contributed by atoms with Gasteiger partial charge in [-0.3, -0.25) is 0 Å². The third kappa shape index (κ3) is 2.35. The number of rotatable bonds is 2. The first-order valence-corrected chi connectivity index (χ1v) is 8.32. The fourth-order valence-corrected chi connectivity index (χ4v) is 4.31. The average molecular weight is 296 g/mol. The Labute approximate surface area is 132 Å². The second kappa shape index (κ2) is 5.49. The molecule has 0 saturated carbocycles. The molecule has 0 spiro atoms. The summed E-state index contributed by atoms with van der Waals surface area (Å²) in [4.78, 5) is 0. The van der Waals surface area contributed by atoms with Crippen molar-refractivity contribution in [3.8, 4) is 0 Å². The van der Waals surface area contributed by atoms with Gasteiger partial charge in [-0.05, 0) is 50.7 Å². The predicted molar refractivity (Wildman–Crippen MR) is 88.2 cm³/mol. The molecule has 0 radical (unpaired) electrons. The molecule has 22 heavy (non-hydrogen) atoms. The van der Waals surface area contributed by atoms with E-state index in [0.717, 1.165) is 37.2 Å². The molecule has 0 aromatic carbocycles. The van der Waals surface area contributed by atoms with E-state index >= 15 is 0 Å². The maximum atomic E-state index is 5.47. The Morgan fingerprint density at radius 2 is 0.909 bits per heavy atom. The van der Waals surface area contributed by atoms with Crippen LogP contribution in [0.4, 0.5) is 0 Å². The summed E-state index contributed by atoms with van der Waals surface area (Å²) in [5.74, 6) is 2.31. The van der Waals surface area contributed by atoms with Crippen molar-refractivity contribution in [1.82, 2.24) is 0 Å². The highest BCUT2D eigenvalue weighted by Gasteiger charge is 2.29. The Morgan fingerprint density at radius 1 is 0.545 bits per heavy atom. The van der Waals surface area contributed by atoms with Gasteiger partial charge in [0, 0.05) is 12.8 Å². The van der Waals surface area contributed by atoms with Gasteiger partial charge in [0.2, 0.25) is 0 Å². The maximum absolute atomic E-state index is 5.47. The van der Waals surface area contributed by atoms with E-state index in [1.165, 1.54) is 25.7 Å². The van der Waals surface area contributed by atoms with Crippen LogP contribution in [0.2, 0.25) is 0 Å². The summed E-state index contributed by atoms with van der Waals surface area (Å²) in [5, 5.41) is 0. The van der Waals surface area contributed by atoms with Crippen LogP contribution < -0.4 is 0 Å². The molecule has 0 fully saturated rings. The standard InChI is InChI=1S/C20H24O2/c1-21-19-5-3-13-7-15-8-14-4-6-20(22-2)12-18(14)10-16(15)9-17(13)11-19/h5-6H,3-4,7-12H2,1-2H3. The van der Waals surface area contributed by atoms with Gasteiger partial charge in [-0.1, -0.05) is 33.4 Å². The van der Waals surface area contributed by atoms with Gasteiger partial charge in [0.1, 0.15) is 0 Å². The van der Waals surface area contributed by atoms with E-state index in [4.69, 9.17) is 9.47 Å². The van der Waals surface area contributed by atoms with Crippen molar-refractivity contribution < 1.29 is 9.47 Å². The summed E-state index contributed by atoms with van der Waals surface area (Å²) < 4.78 is 10.9. The van der Waals surface area contributed by atoms with Crippen molar-refractivity contribution in [1.29, 1.82) is 0 Å². The third-order valence-corrected chi connectivity index (χ3v) is 5.66. The molecule has 0 amide bonds. The molecule has 0 aromatic heterocycles. The predicted octanol–water partition coefficient (Wildman–Crippen LogP) is 5.11. The molecule has 0 bridgehead atoms. The summed E-state index contributed by atoms with van der Waals surface area (Å²) in [6.07, 6.45) is 13.5. The number of allylic oxidation sites excluding steroid dienone is 8. The van der Waals surface area contributed by atoms with Gasteiger partial charge in [0.25, 0.3) is 0 Å². The van der Waals surface area contributed by atoms with E-state index in [1.807, 2.05) is 0 Å². The minimum absolute atomic E-state index is 1.03. The Hall–Kier alpha value is -1.70. The first kappa shape index (κ1) is 13.9. The first-order valence-electron chi connectivity index (χ1n) is 8.32. The fraction of sp³-hybridized carbons (Fsp3) is 0.500. The van der Waals surface area contributed by atoms with Crippen molar-refractivity contribution in [2.75, 3.05) is 14.2 Å². The summed E-state index contributed by atoms with van der Waals surface area (Å²) in [5.41, 5.74) is 9.97.